The number of nitrogens with zero attached hydrogens (tertiary/aromatic N) is 3. The second-order valence-corrected chi connectivity index (χ2v) is 8.71. The largest absolute Gasteiger partial charge is 0.400 e. The highest BCUT2D eigenvalue weighted by atomic mass is 16.5. The van der Waals surface area contributed by atoms with E-state index in [-0.39, 0.29) is 11.4 Å². The van der Waals surface area contributed by atoms with Gasteiger partial charge in [0.15, 0.2) is 0 Å². The highest BCUT2D eigenvalue weighted by Gasteiger charge is 2.41. The van der Waals surface area contributed by atoms with Crippen LogP contribution in [0.25, 0.3) is 0 Å². The normalized spacial score (nSPS) is 14.5. The van der Waals surface area contributed by atoms with Gasteiger partial charge in [-0.3, -0.25) is 4.79 Å². The maximum absolute atomic E-state index is 12.4. The molecule has 1 saturated heterocycles. The number of benzene rings is 1. The molecule has 39 heavy (non-hydrogen) atoms. The first-order valence-electron chi connectivity index (χ1n) is 15.0. The summed E-state index contributed by atoms with van der Waals surface area (Å²) >= 11 is 0. The van der Waals surface area contributed by atoms with E-state index in [1.54, 1.807) is 0 Å². The molecular formula is C32H58N4O3. The highest BCUT2D eigenvalue weighted by molar-refractivity contribution is 5.78. The van der Waals surface area contributed by atoms with Gasteiger partial charge in [0.2, 0.25) is 11.9 Å². The summed E-state index contributed by atoms with van der Waals surface area (Å²) in [6.45, 7) is 22.5. The molecule has 7 nitrogen and oxygen atoms in total. The second-order valence-electron chi connectivity index (χ2n) is 8.71. The average Bonchev–Trinajstić information content (AvgIpc) is 3.28. The van der Waals surface area contributed by atoms with E-state index in [0.717, 1.165) is 57.3 Å². The number of fused-ring (bicyclic) bond motifs is 1. The zero-order chi connectivity index (χ0) is 30.3. The van der Waals surface area contributed by atoms with Gasteiger partial charge >= 0.3 is 0 Å². The predicted octanol–water partition coefficient (Wildman–Crippen LogP) is 7.38. The average molecular weight is 547 g/mol. The van der Waals surface area contributed by atoms with Gasteiger partial charge in [-0.15, -0.1) is 0 Å². The molecule has 0 spiro atoms. The van der Waals surface area contributed by atoms with Crippen molar-refractivity contribution in [2.45, 2.75) is 119 Å². The molecule has 2 aromatic rings. The number of amides is 1. The third-order valence-corrected chi connectivity index (χ3v) is 6.08. The molecule has 7 heteroatoms. The van der Waals surface area contributed by atoms with Crippen LogP contribution >= 0.6 is 0 Å². The van der Waals surface area contributed by atoms with Crippen LogP contribution in [0.5, 0.6) is 0 Å². The van der Waals surface area contributed by atoms with E-state index in [4.69, 9.17) is 9.84 Å². The van der Waals surface area contributed by atoms with E-state index in [2.05, 4.69) is 60.3 Å². The van der Waals surface area contributed by atoms with Crippen molar-refractivity contribution < 1.29 is 14.6 Å². The SMILES string of the molecule is CC.CC.CC.CCCC(=O)N1Cc2nc(NC3CCOCC3)ncc2C1(C)C.CCc1ccccc1.CO. The third kappa shape index (κ3) is 12.9. The molecule has 1 amide bonds. The minimum atomic E-state index is -0.335. The summed E-state index contributed by atoms with van der Waals surface area (Å²) in [5, 5.41) is 10.4. The molecule has 1 aromatic carbocycles. The van der Waals surface area contributed by atoms with Crippen molar-refractivity contribution in [3.8, 4) is 0 Å². The maximum Gasteiger partial charge on any atom is 0.223 e. The molecule has 2 N–H and O–H groups in total. The molecule has 2 aliphatic heterocycles. The molecule has 1 aromatic heterocycles. The topological polar surface area (TPSA) is 87.6 Å². The van der Waals surface area contributed by atoms with Crippen LogP contribution in [0, 0.1) is 0 Å². The standard InChI is InChI=1S/C17H26N4O2.C8H10.3C2H6.CH4O/c1-4-5-15(22)21-11-14-13(17(21,2)3)10-18-16(20-14)19-12-6-8-23-9-7-12;1-2-8-6-4-3-5-7-8;4*1-2/h10,12H,4-9,11H2,1-3H3,(H,18,19,20);3-7H,2H2,1H3;3*1-2H3;2H,1H3. The fraction of sp³-hybridized carbons (Fsp3) is 0.656. The van der Waals surface area contributed by atoms with E-state index in [0.29, 0.717) is 25.0 Å². The quantitative estimate of drug-likeness (QED) is 0.407. The monoisotopic (exact) mass is 546 g/mol. The number of nitrogens with one attached hydrogen (secondary N) is 1. The number of hydrogen-bond donors (Lipinski definition) is 2. The predicted molar refractivity (Wildman–Crippen MR) is 166 cm³/mol. The Morgan fingerprint density at radius 3 is 2.08 bits per heavy atom. The van der Waals surface area contributed by atoms with Gasteiger partial charge in [0.1, 0.15) is 0 Å². The number of aliphatic hydroxyl groups excluding tert-OH is 1. The van der Waals surface area contributed by atoms with Crippen LogP contribution in [-0.2, 0) is 28.0 Å². The van der Waals surface area contributed by atoms with Crippen molar-refractivity contribution in [2.75, 3.05) is 25.6 Å². The Labute approximate surface area is 239 Å². The van der Waals surface area contributed by atoms with Crippen LogP contribution < -0.4 is 5.32 Å². The summed E-state index contributed by atoms with van der Waals surface area (Å²) in [7, 11) is 1.00. The van der Waals surface area contributed by atoms with Gasteiger partial charge in [-0.05, 0) is 45.1 Å². The Bertz CT molecular complexity index is 854. The van der Waals surface area contributed by atoms with E-state index in [1.165, 1.54) is 5.56 Å². The molecule has 2 aliphatic rings. The molecule has 0 unspecified atom stereocenters. The van der Waals surface area contributed by atoms with Gasteiger partial charge in [0.25, 0.3) is 0 Å². The number of carbonyl (C=O) groups excluding carboxylic acids is 1. The number of aromatic nitrogens is 2. The van der Waals surface area contributed by atoms with Gasteiger partial charge in [0.05, 0.1) is 17.8 Å². The molecular weight excluding hydrogens is 488 g/mol. The molecule has 0 saturated carbocycles. The fourth-order valence-electron chi connectivity index (χ4n) is 4.10. The van der Waals surface area contributed by atoms with Crippen molar-refractivity contribution in [3.05, 3.63) is 53.3 Å². The summed E-state index contributed by atoms with van der Waals surface area (Å²) in [6.07, 6.45) is 6.42. The lowest BCUT2D eigenvalue weighted by Gasteiger charge is -2.32. The molecule has 0 atom stereocenters. The number of hydrogen-bond acceptors (Lipinski definition) is 6. The Morgan fingerprint density at radius 1 is 1.03 bits per heavy atom. The summed E-state index contributed by atoms with van der Waals surface area (Å²) in [5.41, 5.74) is 3.09. The fourth-order valence-corrected chi connectivity index (χ4v) is 4.10. The highest BCUT2D eigenvalue weighted by Crippen LogP contribution is 2.38. The summed E-state index contributed by atoms with van der Waals surface area (Å²) in [5.74, 6) is 0.852. The van der Waals surface area contributed by atoms with Crippen LogP contribution in [0.3, 0.4) is 0 Å². The first-order chi connectivity index (χ1) is 19.0. The van der Waals surface area contributed by atoms with Crippen LogP contribution in [-0.4, -0.2) is 52.2 Å². The number of carbonyl (C=O) groups is 1. The van der Waals surface area contributed by atoms with Crippen molar-refractivity contribution in [1.29, 1.82) is 0 Å². The lowest BCUT2D eigenvalue weighted by Crippen LogP contribution is -2.40. The van der Waals surface area contributed by atoms with E-state index in [9.17, 15) is 4.79 Å². The van der Waals surface area contributed by atoms with Crippen LogP contribution in [0.4, 0.5) is 5.95 Å². The molecule has 0 radical (unpaired) electrons. The molecule has 0 aliphatic carbocycles. The number of ether oxygens (including phenoxy) is 1. The number of anilines is 1. The Kier molecular flexibility index (Phi) is 23.2. The summed E-state index contributed by atoms with van der Waals surface area (Å²) < 4.78 is 5.38. The Morgan fingerprint density at radius 2 is 1.59 bits per heavy atom. The van der Waals surface area contributed by atoms with Crippen LogP contribution in [0.1, 0.15) is 112 Å². The van der Waals surface area contributed by atoms with Gasteiger partial charge in [-0.25, -0.2) is 9.97 Å². The van der Waals surface area contributed by atoms with Crippen molar-refractivity contribution in [2.24, 2.45) is 0 Å². The Balaban J connectivity index is 0. The van der Waals surface area contributed by atoms with Crippen LogP contribution in [0.15, 0.2) is 36.5 Å². The third-order valence-electron chi connectivity index (χ3n) is 6.08. The second kappa shape index (κ2) is 23.4. The molecule has 4 rings (SSSR count). The number of rotatable bonds is 5. The number of aliphatic hydroxyl groups is 1. The van der Waals surface area contributed by atoms with Crippen molar-refractivity contribution in [3.63, 3.8) is 0 Å². The van der Waals surface area contributed by atoms with Gasteiger partial charge in [-0.1, -0.05) is 85.7 Å². The van der Waals surface area contributed by atoms with Gasteiger partial charge in [0, 0.05) is 44.5 Å². The van der Waals surface area contributed by atoms with E-state index < -0.39 is 0 Å². The van der Waals surface area contributed by atoms with E-state index >= 15 is 0 Å². The smallest absolute Gasteiger partial charge is 0.223 e. The minimum Gasteiger partial charge on any atom is -0.400 e. The zero-order valence-corrected chi connectivity index (χ0v) is 26.8. The molecule has 1 fully saturated rings. The van der Waals surface area contributed by atoms with Gasteiger partial charge < -0.3 is 20.1 Å². The Hall–Kier alpha value is -2.51. The lowest BCUT2D eigenvalue weighted by atomic mass is 9.97. The molecule has 3 heterocycles. The molecule has 224 valence electrons. The summed E-state index contributed by atoms with van der Waals surface area (Å²) in [4.78, 5) is 23.5. The summed E-state index contributed by atoms with van der Waals surface area (Å²) in [6, 6.07) is 10.8. The van der Waals surface area contributed by atoms with Crippen LogP contribution in [0.2, 0.25) is 0 Å². The van der Waals surface area contributed by atoms with Gasteiger partial charge in [-0.2, -0.15) is 0 Å². The molecule has 0 bridgehead atoms. The number of aryl methyl sites for hydroxylation is 1. The van der Waals surface area contributed by atoms with E-state index in [1.807, 2.05) is 65.6 Å². The van der Waals surface area contributed by atoms with Crippen molar-refractivity contribution >= 4 is 11.9 Å². The lowest BCUT2D eigenvalue weighted by molar-refractivity contribution is -0.136. The minimum absolute atomic E-state index is 0.189. The first kappa shape index (κ1) is 38.6. The zero-order valence-electron chi connectivity index (χ0n) is 26.8. The van der Waals surface area contributed by atoms with Crippen molar-refractivity contribution in [1.82, 2.24) is 14.9 Å². The first-order valence-corrected chi connectivity index (χ1v) is 15.0. The maximum atomic E-state index is 12.4.